The van der Waals surface area contributed by atoms with Crippen molar-refractivity contribution in [3.8, 4) is 11.5 Å². The van der Waals surface area contributed by atoms with E-state index in [1.807, 2.05) is 30.0 Å². The lowest BCUT2D eigenvalue weighted by atomic mass is 9.96. The van der Waals surface area contributed by atoms with Crippen LogP contribution >= 0.6 is 11.8 Å². The molecule has 0 bridgehead atoms. The lowest BCUT2D eigenvalue weighted by molar-refractivity contribution is -0.123. The quantitative estimate of drug-likeness (QED) is 0.632. The van der Waals surface area contributed by atoms with Crippen LogP contribution in [-0.2, 0) is 11.3 Å². The zero-order chi connectivity index (χ0) is 20.5. The summed E-state index contributed by atoms with van der Waals surface area (Å²) >= 11 is 1.81. The molecule has 3 rings (SSSR count). The number of likely N-dealkylation sites (tertiary alicyclic amines) is 1. The molecule has 2 aromatic carbocycles. The summed E-state index contributed by atoms with van der Waals surface area (Å²) in [6.07, 6.45) is 4.35. The summed E-state index contributed by atoms with van der Waals surface area (Å²) in [7, 11) is 1.61. The second kappa shape index (κ2) is 11.1. The van der Waals surface area contributed by atoms with Gasteiger partial charge in [-0.3, -0.25) is 9.69 Å². The predicted octanol–water partition coefficient (Wildman–Crippen LogP) is 3.82. The number of carbonyl (C=O) groups is 1. The monoisotopic (exact) mass is 414 g/mol. The van der Waals surface area contributed by atoms with E-state index >= 15 is 0 Å². The molecule has 1 heterocycles. The molecule has 0 atom stereocenters. The van der Waals surface area contributed by atoms with Crippen LogP contribution in [0.15, 0.2) is 53.4 Å². The van der Waals surface area contributed by atoms with Crippen molar-refractivity contribution in [2.24, 2.45) is 5.92 Å². The summed E-state index contributed by atoms with van der Waals surface area (Å²) in [6.45, 7) is 3.89. The van der Waals surface area contributed by atoms with Gasteiger partial charge in [-0.15, -0.1) is 11.8 Å². The number of thioether (sulfide) groups is 1. The Labute approximate surface area is 177 Å². The zero-order valence-electron chi connectivity index (χ0n) is 17.2. The maximum atomic E-state index is 12.1. The van der Waals surface area contributed by atoms with Gasteiger partial charge in [0.2, 0.25) is 0 Å². The first-order valence-electron chi connectivity index (χ1n) is 10.1. The first kappa shape index (κ1) is 21.5. The molecular formula is C23H30N2O3S. The standard InChI is InChI=1S/C23H30N2O3S/c1-27-20-7-5-8-21(14-20)28-17-23(26)24-15-18-10-12-25(13-11-18)16-19-6-3-4-9-22(19)29-2/h3-9,14,18H,10-13,15-17H2,1-2H3,(H,24,26). The van der Waals surface area contributed by atoms with Crippen LogP contribution in [0, 0.1) is 5.92 Å². The van der Waals surface area contributed by atoms with Gasteiger partial charge >= 0.3 is 0 Å². The van der Waals surface area contributed by atoms with Crippen LogP contribution in [0.2, 0.25) is 0 Å². The molecule has 1 N–H and O–H groups in total. The molecule has 1 aliphatic heterocycles. The fourth-order valence-electron chi connectivity index (χ4n) is 3.57. The molecule has 1 aliphatic rings. The minimum Gasteiger partial charge on any atom is -0.497 e. The first-order chi connectivity index (χ1) is 14.2. The van der Waals surface area contributed by atoms with E-state index in [2.05, 4.69) is 40.7 Å². The lowest BCUT2D eigenvalue weighted by Gasteiger charge is -2.32. The van der Waals surface area contributed by atoms with E-state index in [1.54, 1.807) is 13.2 Å². The van der Waals surface area contributed by atoms with Crippen LogP contribution in [0.3, 0.4) is 0 Å². The number of carbonyl (C=O) groups excluding carboxylic acids is 1. The van der Waals surface area contributed by atoms with Crippen molar-refractivity contribution in [2.45, 2.75) is 24.3 Å². The Balaban J connectivity index is 1.35. The normalized spacial score (nSPS) is 15.1. The molecule has 0 saturated carbocycles. The van der Waals surface area contributed by atoms with E-state index in [1.165, 1.54) is 10.5 Å². The van der Waals surface area contributed by atoms with Gasteiger partial charge in [0.25, 0.3) is 5.91 Å². The maximum Gasteiger partial charge on any atom is 0.257 e. The topological polar surface area (TPSA) is 50.8 Å². The number of methoxy groups -OCH3 is 1. The van der Waals surface area contributed by atoms with Crippen LogP contribution in [0.1, 0.15) is 18.4 Å². The van der Waals surface area contributed by atoms with E-state index in [0.717, 1.165) is 44.8 Å². The lowest BCUT2D eigenvalue weighted by Crippen LogP contribution is -2.39. The fraction of sp³-hybridized carbons (Fsp3) is 0.435. The Morgan fingerprint density at radius 3 is 2.66 bits per heavy atom. The number of nitrogens with one attached hydrogen (secondary N) is 1. The zero-order valence-corrected chi connectivity index (χ0v) is 18.0. The molecule has 1 fully saturated rings. The van der Waals surface area contributed by atoms with E-state index in [-0.39, 0.29) is 12.5 Å². The molecule has 0 radical (unpaired) electrons. The van der Waals surface area contributed by atoms with E-state index in [4.69, 9.17) is 9.47 Å². The highest BCUT2D eigenvalue weighted by atomic mass is 32.2. The van der Waals surface area contributed by atoms with Crippen molar-refractivity contribution < 1.29 is 14.3 Å². The van der Waals surface area contributed by atoms with Crippen molar-refractivity contribution in [1.82, 2.24) is 10.2 Å². The van der Waals surface area contributed by atoms with Crippen molar-refractivity contribution in [3.63, 3.8) is 0 Å². The number of benzene rings is 2. The number of piperidine rings is 1. The smallest absolute Gasteiger partial charge is 0.257 e. The van der Waals surface area contributed by atoms with Gasteiger partial charge in [0.1, 0.15) is 11.5 Å². The number of hydrogen-bond donors (Lipinski definition) is 1. The number of amides is 1. The third kappa shape index (κ3) is 6.68. The first-order valence-corrected chi connectivity index (χ1v) is 11.3. The van der Waals surface area contributed by atoms with Gasteiger partial charge in [-0.2, -0.15) is 0 Å². The molecule has 5 nitrogen and oxygen atoms in total. The highest BCUT2D eigenvalue weighted by molar-refractivity contribution is 7.98. The van der Waals surface area contributed by atoms with Gasteiger partial charge in [0, 0.05) is 24.1 Å². The summed E-state index contributed by atoms with van der Waals surface area (Å²) in [5, 5.41) is 3.02. The number of rotatable bonds is 9. The average molecular weight is 415 g/mol. The molecule has 0 aliphatic carbocycles. The third-order valence-corrected chi connectivity index (χ3v) is 6.13. The van der Waals surface area contributed by atoms with Gasteiger partial charge in [0.05, 0.1) is 7.11 Å². The van der Waals surface area contributed by atoms with E-state index in [9.17, 15) is 4.79 Å². The van der Waals surface area contributed by atoms with Gasteiger partial charge in [-0.1, -0.05) is 24.3 Å². The molecular weight excluding hydrogens is 384 g/mol. The second-order valence-corrected chi connectivity index (χ2v) is 8.15. The largest absolute Gasteiger partial charge is 0.497 e. The third-order valence-electron chi connectivity index (χ3n) is 5.29. The minimum atomic E-state index is -0.0795. The van der Waals surface area contributed by atoms with E-state index < -0.39 is 0 Å². The molecule has 0 aromatic heterocycles. The molecule has 6 heteroatoms. The van der Waals surface area contributed by atoms with Gasteiger partial charge in [0.15, 0.2) is 6.61 Å². The van der Waals surface area contributed by atoms with Gasteiger partial charge in [-0.25, -0.2) is 0 Å². The molecule has 29 heavy (non-hydrogen) atoms. The second-order valence-electron chi connectivity index (χ2n) is 7.30. The van der Waals surface area contributed by atoms with Crippen molar-refractivity contribution >= 4 is 17.7 Å². The fourth-order valence-corrected chi connectivity index (χ4v) is 4.18. The van der Waals surface area contributed by atoms with Gasteiger partial charge < -0.3 is 14.8 Å². The molecule has 0 spiro atoms. The Morgan fingerprint density at radius 2 is 1.90 bits per heavy atom. The summed E-state index contributed by atoms with van der Waals surface area (Å²) in [5.74, 6) is 1.81. The number of nitrogens with zero attached hydrogens (tertiary/aromatic N) is 1. The van der Waals surface area contributed by atoms with Gasteiger partial charge in [-0.05, 0) is 61.9 Å². The van der Waals surface area contributed by atoms with Crippen LogP contribution in [0.5, 0.6) is 11.5 Å². The highest BCUT2D eigenvalue weighted by Gasteiger charge is 2.20. The molecule has 0 unspecified atom stereocenters. The molecule has 156 valence electrons. The Morgan fingerprint density at radius 1 is 1.14 bits per heavy atom. The summed E-state index contributed by atoms with van der Waals surface area (Å²) < 4.78 is 10.7. The van der Waals surface area contributed by atoms with Crippen molar-refractivity contribution in [3.05, 3.63) is 54.1 Å². The molecule has 1 saturated heterocycles. The molecule has 1 amide bonds. The van der Waals surface area contributed by atoms with Crippen molar-refractivity contribution in [2.75, 3.05) is 39.6 Å². The SMILES string of the molecule is COc1cccc(OCC(=O)NCC2CCN(Cc3ccccc3SC)CC2)c1. The summed E-state index contributed by atoms with van der Waals surface area (Å²) in [6, 6.07) is 15.9. The Bertz CT molecular complexity index is 791. The predicted molar refractivity (Wildman–Crippen MR) is 118 cm³/mol. The van der Waals surface area contributed by atoms with Crippen LogP contribution < -0.4 is 14.8 Å². The number of hydrogen-bond acceptors (Lipinski definition) is 5. The summed E-state index contributed by atoms with van der Waals surface area (Å²) in [4.78, 5) is 16.0. The van der Waals surface area contributed by atoms with Crippen LogP contribution in [0.4, 0.5) is 0 Å². The highest BCUT2D eigenvalue weighted by Crippen LogP contribution is 2.24. The molecule has 2 aromatic rings. The van der Waals surface area contributed by atoms with Crippen LogP contribution in [0.25, 0.3) is 0 Å². The number of ether oxygens (including phenoxy) is 2. The average Bonchev–Trinajstić information content (AvgIpc) is 2.77. The summed E-state index contributed by atoms with van der Waals surface area (Å²) in [5.41, 5.74) is 1.40. The Kier molecular flexibility index (Phi) is 8.25. The Hall–Kier alpha value is -2.18. The van der Waals surface area contributed by atoms with Crippen molar-refractivity contribution in [1.29, 1.82) is 0 Å². The maximum absolute atomic E-state index is 12.1. The minimum absolute atomic E-state index is 0.0253. The van der Waals surface area contributed by atoms with Crippen LogP contribution in [-0.4, -0.2) is 50.4 Å². The van der Waals surface area contributed by atoms with E-state index in [0.29, 0.717) is 11.7 Å².